The van der Waals surface area contributed by atoms with Gasteiger partial charge in [0.15, 0.2) is 0 Å². The Balaban J connectivity index is 2.02. The molecule has 2 aromatic rings. The Morgan fingerprint density at radius 2 is 2.10 bits per heavy atom. The molecule has 0 aliphatic heterocycles. The molecule has 21 heavy (non-hydrogen) atoms. The van der Waals surface area contributed by atoms with Crippen molar-refractivity contribution in [3.63, 3.8) is 0 Å². The van der Waals surface area contributed by atoms with Crippen LogP contribution in [0.1, 0.15) is 44.0 Å². The quantitative estimate of drug-likeness (QED) is 0.826. The van der Waals surface area contributed by atoms with Gasteiger partial charge < -0.3 is 10.5 Å². The number of benzene rings is 1. The second-order valence-electron chi connectivity index (χ2n) is 4.91. The molecule has 0 atom stereocenters. The number of nitrogen functional groups attached to an aromatic ring is 1. The summed E-state index contributed by atoms with van der Waals surface area (Å²) in [6, 6.07) is 9.44. The van der Waals surface area contributed by atoms with Crippen LogP contribution in [0.15, 0.2) is 30.5 Å². The molecule has 0 bridgehead atoms. The molecule has 2 rings (SSSR count). The lowest BCUT2D eigenvalue weighted by Crippen LogP contribution is -2.08. The van der Waals surface area contributed by atoms with Gasteiger partial charge in [0, 0.05) is 6.20 Å². The Hall–Kier alpha value is -2.48. The average molecular weight is 284 g/mol. The van der Waals surface area contributed by atoms with Gasteiger partial charge in [-0.2, -0.15) is 10.4 Å². The van der Waals surface area contributed by atoms with Gasteiger partial charge in [-0.1, -0.05) is 13.8 Å². The number of hydrogen-bond acceptors (Lipinski definition) is 4. The number of hydrogen-bond donors (Lipinski definition) is 1. The van der Waals surface area contributed by atoms with E-state index in [1.807, 2.05) is 23.0 Å². The van der Waals surface area contributed by atoms with Gasteiger partial charge in [-0.05, 0) is 37.1 Å². The molecule has 5 heteroatoms. The van der Waals surface area contributed by atoms with Crippen molar-refractivity contribution in [2.75, 3.05) is 5.73 Å². The average Bonchev–Trinajstić information content (AvgIpc) is 2.96. The van der Waals surface area contributed by atoms with Crippen LogP contribution in [0.5, 0.6) is 5.75 Å². The molecule has 0 radical (unpaired) electrons. The maximum Gasteiger partial charge on any atom is 0.142 e. The molecular formula is C16H20N4O. The van der Waals surface area contributed by atoms with Crippen molar-refractivity contribution in [2.45, 2.75) is 39.3 Å². The fourth-order valence-corrected chi connectivity index (χ4v) is 2.22. The molecule has 5 nitrogen and oxygen atoms in total. The summed E-state index contributed by atoms with van der Waals surface area (Å²) in [5, 5.41) is 13.3. The molecule has 1 heterocycles. The highest BCUT2D eigenvalue weighted by molar-refractivity contribution is 5.56. The predicted octanol–water partition coefficient (Wildman–Crippen LogP) is 3.28. The third kappa shape index (κ3) is 3.54. The van der Waals surface area contributed by atoms with Gasteiger partial charge in [0.25, 0.3) is 0 Å². The molecule has 0 saturated heterocycles. The zero-order valence-corrected chi connectivity index (χ0v) is 12.4. The zero-order chi connectivity index (χ0) is 15.2. The molecule has 0 aliphatic carbocycles. The van der Waals surface area contributed by atoms with E-state index < -0.39 is 0 Å². The first-order chi connectivity index (χ1) is 10.2. The predicted molar refractivity (Wildman–Crippen MR) is 81.7 cm³/mol. The van der Waals surface area contributed by atoms with E-state index >= 15 is 0 Å². The minimum absolute atomic E-state index is 0.364. The topological polar surface area (TPSA) is 76.9 Å². The Bertz CT molecular complexity index is 638. The van der Waals surface area contributed by atoms with Crippen molar-refractivity contribution in [1.82, 2.24) is 9.78 Å². The van der Waals surface area contributed by atoms with Crippen LogP contribution in [-0.2, 0) is 6.61 Å². The van der Waals surface area contributed by atoms with Crippen LogP contribution in [0.2, 0.25) is 0 Å². The Labute approximate surface area is 124 Å². The summed E-state index contributed by atoms with van der Waals surface area (Å²) in [6.07, 6.45) is 4.10. The largest absolute Gasteiger partial charge is 0.485 e. The molecule has 0 amide bonds. The van der Waals surface area contributed by atoms with Crippen molar-refractivity contribution in [1.29, 1.82) is 5.26 Å². The molecule has 0 saturated carbocycles. The van der Waals surface area contributed by atoms with Crippen LogP contribution in [0.3, 0.4) is 0 Å². The summed E-state index contributed by atoms with van der Waals surface area (Å²) in [6.45, 7) is 4.68. The van der Waals surface area contributed by atoms with E-state index in [0.29, 0.717) is 29.6 Å². The highest BCUT2D eigenvalue weighted by Gasteiger charge is 2.09. The van der Waals surface area contributed by atoms with Crippen molar-refractivity contribution < 1.29 is 4.74 Å². The van der Waals surface area contributed by atoms with Gasteiger partial charge >= 0.3 is 0 Å². The van der Waals surface area contributed by atoms with Gasteiger partial charge in [-0.25, -0.2) is 0 Å². The fraction of sp³-hybridized carbons (Fsp3) is 0.375. The van der Waals surface area contributed by atoms with Gasteiger partial charge in [-0.15, -0.1) is 0 Å². The van der Waals surface area contributed by atoms with Crippen molar-refractivity contribution >= 4 is 5.69 Å². The standard InChI is InChI=1S/C16H20N4O/c1-3-14(4-2)20-8-7-13(19-20)11-21-16-6-5-12(10-17)9-15(16)18/h5-9,14H,3-4,11,18H2,1-2H3. The number of nitrogens with zero attached hydrogens (tertiary/aromatic N) is 3. The van der Waals surface area contributed by atoms with Gasteiger partial charge in [-0.3, -0.25) is 4.68 Å². The summed E-state index contributed by atoms with van der Waals surface area (Å²) >= 11 is 0. The van der Waals surface area contributed by atoms with Gasteiger partial charge in [0.1, 0.15) is 12.4 Å². The summed E-state index contributed by atoms with van der Waals surface area (Å²) < 4.78 is 7.66. The van der Waals surface area contributed by atoms with E-state index in [9.17, 15) is 0 Å². The van der Waals surface area contributed by atoms with Crippen molar-refractivity contribution in [3.8, 4) is 11.8 Å². The van der Waals surface area contributed by atoms with Gasteiger partial charge in [0.2, 0.25) is 0 Å². The number of nitriles is 1. The first kappa shape index (κ1) is 14.9. The Morgan fingerprint density at radius 3 is 2.71 bits per heavy atom. The number of aromatic nitrogens is 2. The molecule has 1 aromatic carbocycles. The fourth-order valence-electron chi connectivity index (χ4n) is 2.22. The summed E-state index contributed by atoms with van der Waals surface area (Å²) in [5.41, 5.74) is 7.71. The third-order valence-corrected chi connectivity index (χ3v) is 3.49. The van der Waals surface area contributed by atoms with Crippen LogP contribution >= 0.6 is 0 Å². The third-order valence-electron chi connectivity index (χ3n) is 3.49. The lowest BCUT2D eigenvalue weighted by atomic mass is 10.2. The number of ether oxygens (including phenoxy) is 1. The Kier molecular flexibility index (Phi) is 4.83. The van der Waals surface area contributed by atoms with Crippen LogP contribution in [0, 0.1) is 11.3 Å². The molecule has 0 unspecified atom stereocenters. The molecule has 0 fully saturated rings. The molecule has 2 N–H and O–H groups in total. The van der Waals surface area contributed by atoms with Crippen LogP contribution in [-0.4, -0.2) is 9.78 Å². The lowest BCUT2D eigenvalue weighted by molar-refractivity contribution is 0.299. The minimum atomic E-state index is 0.364. The SMILES string of the molecule is CCC(CC)n1ccc(COc2ccc(C#N)cc2N)n1. The highest BCUT2D eigenvalue weighted by atomic mass is 16.5. The summed E-state index contributed by atoms with van der Waals surface area (Å²) in [7, 11) is 0. The van der Waals surface area contributed by atoms with Crippen LogP contribution < -0.4 is 10.5 Å². The first-order valence-corrected chi connectivity index (χ1v) is 7.14. The maximum atomic E-state index is 8.80. The number of rotatable bonds is 6. The van der Waals surface area contributed by atoms with E-state index in [0.717, 1.165) is 18.5 Å². The smallest absolute Gasteiger partial charge is 0.142 e. The van der Waals surface area contributed by atoms with E-state index in [2.05, 4.69) is 18.9 Å². The van der Waals surface area contributed by atoms with Crippen molar-refractivity contribution in [2.24, 2.45) is 0 Å². The van der Waals surface area contributed by atoms with E-state index in [1.54, 1.807) is 18.2 Å². The first-order valence-electron chi connectivity index (χ1n) is 7.14. The highest BCUT2D eigenvalue weighted by Crippen LogP contribution is 2.23. The maximum absolute atomic E-state index is 8.80. The second kappa shape index (κ2) is 6.80. The minimum Gasteiger partial charge on any atom is -0.485 e. The molecule has 0 aliphatic rings. The second-order valence-corrected chi connectivity index (χ2v) is 4.91. The molecule has 110 valence electrons. The number of anilines is 1. The van der Waals surface area contributed by atoms with Crippen LogP contribution in [0.25, 0.3) is 0 Å². The number of nitrogens with two attached hydrogens (primary N) is 1. The summed E-state index contributed by atoms with van der Waals surface area (Å²) in [4.78, 5) is 0. The molecule has 0 spiro atoms. The summed E-state index contributed by atoms with van der Waals surface area (Å²) in [5.74, 6) is 0.575. The van der Waals surface area contributed by atoms with Gasteiger partial charge in [0.05, 0.1) is 29.1 Å². The molecule has 1 aromatic heterocycles. The zero-order valence-electron chi connectivity index (χ0n) is 12.4. The normalized spacial score (nSPS) is 10.6. The Morgan fingerprint density at radius 1 is 1.33 bits per heavy atom. The molecular weight excluding hydrogens is 264 g/mol. The van der Waals surface area contributed by atoms with Crippen LogP contribution in [0.4, 0.5) is 5.69 Å². The van der Waals surface area contributed by atoms with Crippen molar-refractivity contribution in [3.05, 3.63) is 41.7 Å². The van der Waals surface area contributed by atoms with E-state index in [4.69, 9.17) is 15.7 Å². The van der Waals surface area contributed by atoms with E-state index in [-0.39, 0.29) is 0 Å². The monoisotopic (exact) mass is 284 g/mol. The lowest BCUT2D eigenvalue weighted by Gasteiger charge is -2.12. The van der Waals surface area contributed by atoms with E-state index in [1.165, 1.54) is 0 Å².